The van der Waals surface area contributed by atoms with Crippen LogP contribution in [0.4, 0.5) is 0 Å². The lowest BCUT2D eigenvalue weighted by atomic mass is 10.2. The highest BCUT2D eigenvalue weighted by Gasteiger charge is 2.28. The van der Waals surface area contributed by atoms with Gasteiger partial charge in [-0.2, -0.15) is 0 Å². The van der Waals surface area contributed by atoms with E-state index in [0.29, 0.717) is 43.0 Å². The van der Waals surface area contributed by atoms with Gasteiger partial charge in [-0.25, -0.2) is 0 Å². The maximum Gasteiger partial charge on any atom is 0.287 e. The molecule has 1 saturated heterocycles. The van der Waals surface area contributed by atoms with Gasteiger partial charge in [-0.3, -0.25) is 9.59 Å². The predicted octanol–water partition coefficient (Wildman–Crippen LogP) is 0.391. The lowest BCUT2D eigenvalue weighted by Gasteiger charge is -2.29. The molecule has 0 saturated carbocycles. The number of nitrogens with zero attached hydrogens (tertiary/aromatic N) is 1. The van der Waals surface area contributed by atoms with Crippen molar-refractivity contribution in [3.8, 4) is 5.75 Å². The standard InChI is InChI=1S/C17H20N2O6/c1-23-13-4-2-3-11-9-14(25-15(11)13)16(21)18-12(10-20)17(22)19-5-7-24-8-6-19/h2-4,9,12,20H,5-8,10H2,1H3,(H,18,21)/t12-/m0/s1. The minimum atomic E-state index is -1.03. The number of fused-ring (bicyclic) bond motifs is 1. The zero-order valence-electron chi connectivity index (χ0n) is 13.9. The molecule has 2 N–H and O–H groups in total. The van der Waals surface area contributed by atoms with E-state index in [2.05, 4.69) is 5.32 Å². The SMILES string of the molecule is COc1cccc2cc(C(=O)N[C@@H](CO)C(=O)N3CCOCC3)oc12. The Balaban J connectivity index is 1.74. The molecular formula is C17H20N2O6. The van der Waals surface area contributed by atoms with E-state index in [9.17, 15) is 14.7 Å². The van der Waals surface area contributed by atoms with Crippen molar-refractivity contribution in [3.63, 3.8) is 0 Å². The van der Waals surface area contributed by atoms with Crippen molar-refractivity contribution < 1.29 is 28.6 Å². The van der Waals surface area contributed by atoms with E-state index < -0.39 is 18.6 Å². The number of morpholine rings is 1. The lowest BCUT2D eigenvalue weighted by molar-refractivity contribution is -0.138. The number of nitrogens with one attached hydrogen (secondary N) is 1. The fourth-order valence-electron chi connectivity index (χ4n) is 2.73. The average Bonchev–Trinajstić information content (AvgIpc) is 3.10. The number of carbonyl (C=O) groups excluding carboxylic acids is 2. The molecule has 134 valence electrons. The van der Waals surface area contributed by atoms with Gasteiger partial charge in [-0.15, -0.1) is 0 Å². The number of ether oxygens (including phenoxy) is 2. The van der Waals surface area contributed by atoms with Gasteiger partial charge in [0.2, 0.25) is 5.91 Å². The van der Waals surface area contributed by atoms with Crippen molar-refractivity contribution in [2.75, 3.05) is 40.0 Å². The van der Waals surface area contributed by atoms with Gasteiger partial charge < -0.3 is 29.2 Å². The summed E-state index contributed by atoms with van der Waals surface area (Å²) < 4.78 is 16.0. The van der Waals surface area contributed by atoms with Crippen LogP contribution < -0.4 is 10.1 Å². The third-order valence-corrected chi connectivity index (χ3v) is 4.06. The number of furan rings is 1. The number of hydrogen-bond donors (Lipinski definition) is 2. The first-order chi connectivity index (χ1) is 12.1. The van der Waals surface area contributed by atoms with Crippen LogP contribution in [0.2, 0.25) is 0 Å². The molecule has 1 fully saturated rings. The molecule has 2 amide bonds. The highest BCUT2D eigenvalue weighted by atomic mass is 16.5. The minimum Gasteiger partial charge on any atom is -0.493 e. The summed E-state index contributed by atoms with van der Waals surface area (Å²) in [5.74, 6) is -0.348. The Morgan fingerprint density at radius 3 is 2.80 bits per heavy atom. The Hall–Kier alpha value is -2.58. The van der Waals surface area contributed by atoms with Crippen LogP contribution in [0.15, 0.2) is 28.7 Å². The molecule has 3 rings (SSSR count). The Bertz CT molecular complexity index is 766. The molecule has 0 bridgehead atoms. The number of methoxy groups -OCH3 is 1. The summed E-state index contributed by atoms with van der Waals surface area (Å²) in [7, 11) is 1.51. The smallest absolute Gasteiger partial charge is 0.287 e. The number of benzene rings is 1. The molecule has 25 heavy (non-hydrogen) atoms. The first-order valence-electron chi connectivity index (χ1n) is 7.99. The summed E-state index contributed by atoms with van der Waals surface area (Å²) in [6, 6.07) is 5.85. The van der Waals surface area contributed by atoms with Crippen LogP contribution in [0.5, 0.6) is 5.75 Å². The molecule has 1 aromatic carbocycles. The molecule has 0 unspecified atom stereocenters. The van der Waals surface area contributed by atoms with Gasteiger partial charge in [0.15, 0.2) is 17.1 Å². The van der Waals surface area contributed by atoms with Crippen molar-refractivity contribution in [1.82, 2.24) is 10.2 Å². The van der Waals surface area contributed by atoms with Crippen LogP contribution in [0, 0.1) is 0 Å². The lowest BCUT2D eigenvalue weighted by Crippen LogP contribution is -2.53. The molecule has 1 aliphatic heterocycles. The third-order valence-electron chi connectivity index (χ3n) is 4.06. The summed E-state index contributed by atoms with van der Waals surface area (Å²) in [5.41, 5.74) is 0.454. The van der Waals surface area contributed by atoms with Crippen LogP contribution in [-0.4, -0.2) is 67.9 Å². The average molecular weight is 348 g/mol. The fourth-order valence-corrected chi connectivity index (χ4v) is 2.73. The molecule has 0 radical (unpaired) electrons. The Morgan fingerprint density at radius 1 is 1.36 bits per heavy atom. The van der Waals surface area contributed by atoms with Crippen molar-refractivity contribution in [2.24, 2.45) is 0 Å². The number of hydrogen-bond acceptors (Lipinski definition) is 6. The van der Waals surface area contributed by atoms with E-state index in [0.717, 1.165) is 0 Å². The molecule has 2 aromatic rings. The summed E-state index contributed by atoms with van der Waals surface area (Å²) in [6.07, 6.45) is 0. The number of rotatable bonds is 5. The second-order valence-electron chi connectivity index (χ2n) is 5.64. The number of aliphatic hydroxyl groups is 1. The molecule has 8 heteroatoms. The third kappa shape index (κ3) is 3.59. The molecule has 0 spiro atoms. The zero-order chi connectivity index (χ0) is 17.8. The van der Waals surface area contributed by atoms with Gasteiger partial charge in [-0.1, -0.05) is 12.1 Å². The fraction of sp³-hybridized carbons (Fsp3) is 0.412. The van der Waals surface area contributed by atoms with Crippen LogP contribution >= 0.6 is 0 Å². The maximum absolute atomic E-state index is 12.4. The molecule has 8 nitrogen and oxygen atoms in total. The molecule has 2 heterocycles. The van der Waals surface area contributed by atoms with E-state index in [1.165, 1.54) is 7.11 Å². The van der Waals surface area contributed by atoms with Crippen molar-refractivity contribution in [2.45, 2.75) is 6.04 Å². The van der Waals surface area contributed by atoms with Crippen LogP contribution in [0.25, 0.3) is 11.0 Å². The van der Waals surface area contributed by atoms with Crippen molar-refractivity contribution >= 4 is 22.8 Å². The van der Waals surface area contributed by atoms with Crippen molar-refractivity contribution in [1.29, 1.82) is 0 Å². The van der Waals surface area contributed by atoms with E-state index in [-0.39, 0.29) is 11.7 Å². The number of carbonyl (C=O) groups is 2. The number of para-hydroxylation sites is 1. The van der Waals surface area contributed by atoms with Crippen LogP contribution in [0.3, 0.4) is 0 Å². The summed E-state index contributed by atoms with van der Waals surface area (Å²) in [5, 5.41) is 12.7. The Morgan fingerprint density at radius 2 is 2.12 bits per heavy atom. The Kier molecular flexibility index (Phi) is 5.20. The largest absolute Gasteiger partial charge is 0.493 e. The van der Waals surface area contributed by atoms with Gasteiger partial charge in [0, 0.05) is 18.5 Å². The van der Waals surface area contributed by atoms with Gasteiger partial charge >= 0.3 is 0 Å². The normalized spacial score (nSPS) is 15.8. The second-order valence-corrected chi connectivity index (χ2v) is 5.64. The van der Waals surface area contributed by atoms with Crippen molar-refractivity contribution in [3.05, 3.63) is 30.0 Å². The highest BCUT2D eigenvalue weighted by molar-refractivity contribution is 5.99. The Labute approximate surface area is 144 Å². The quantitative estimate of drug-likeness (QED) is 0.811. The number of aliphatic hydroxyl groups excluding tert-OH is 1. The molecular weight excluding hydrogens is 328 g/mol. The molecule has 0 aliphatic carbocycles. The summed E-state index contributed by atoms with van der Waals surface area (Å²) >= 11 is 0. The maximum atomic E-state index is 12.4. The summed E-state index contributed by atoms with van der Waals surface area (Å²) in [6.45, 7) is 1.27. The zero-order valence-corrected chi connectivity index (χ0v) is 13.9. The first kappa shape index (κ1) is 17.2. The molecule has 1 aliphatic rings. The van der Waals surface area contributed by atoms with Gasteiger partial charge in [0.25, 0.3) is 5.91 Å². The second kappa shape index (κ2) is 7.54. The topological polar surface area (TPSA) is 101 Å². The minimum absolute atomic E-state index is 0.0488. The monoisotopic (exact) mass is 348 g/mol. The van der Waals surface area contributed by atoms with E-state index in [1.54, 1.807) is 29.2 Å². The summed E-state index contributed by atoms with van der Waals surface area (Å²) in [4.78, 5) is 26.4. The first-order valence-corrected chi connectivity index (χ1v) is 7.99. The van der Waals surface area contributed by atoms with E-state index in [4.69, 9.17) is 13.9 Å². The van der Waals surface area contributed by atoms with Gasteiger partial charge in [0.1, 0.15) is 6.04 Å². The van der Waals surface area contributed by atoms with Crippen LogP contribution in [-0.2, 0) is 9.53 Å². The predicted molar refractivity (Wildman–Crippen MR) is 88.5 cm³/mol. The number of amides is 2. The molecule has 1 aromatic heterocycles. The van der Waals surface area contributed by atoms with E-state index in [1.807, 2.05) is 0 Å². The highest BCUT2D eigenvalue weighted by Crippen LogP contribution is 2.28. The van der Waals surface area contributed by atoms with E-state index >= 15 is 0 Å². The molecule has 1 atom stereocenters. The van der Waals surface area contributed by atoms with Gasteiger partial charge in [0.05, 0.1) is 26.9 Å². The van der Waals surface area contributed by atoms with Gasteiger partial charge in [-0.05, 0) is 12.1 Å². The van der Waals surface area contributed by atoms with Crippen LogP contribution in [0.1, 0.15) is 10.6 Å².